The minimum absolute atomic E-state index is 0.264. The van der Waals surface area contributed by atoms with Crippen LogP contribution in [0.1, 0.15) is 81.4 Å². The average molecular weight is 498 g/mol. The van der Waals surface area contributed by atoms with E-state index in [1.54, 1.807) is 0 Å². The molecule has 0 bridgehead atoms. The summed E-state index contributed by atoms with van der Waals surface area (Å²) in [7, 11) is 0. The van der Waals surface area contributed by atoms with Gasteiger partial charge in [-0.05, 0) is 42.4 Å². The van der Waals surface area contributed by atoms with Gasteiger partial charge in [-0.3, -0.25) is 0 Å². The summed E-state index contributed by atoms with van der Waals surface area (Å²) < 4.78 is 89.9. The fourth-order valence-corrected chi connectivity index (χ4v) is 4.83. The third-order valence-electron chi connectivity index (χ3n) is 6.79. The largest absolute Gasteiger partial charge is 0.432 e. The monoisotopic (exact) mass is 497 g/mol. The fourth-order valence-electron chi connectivity index (χ4n) is 4.83. The van der Waals surface area contributed by atoms with Crippen molar-refractivity contribution in [2.75, 3.05) is 0 Å². The van der Waals surface area contributed by atoms with Crippen molar-refractivity contribution < 1.29 is 31.1 Å². The van der Waals surface area contributed by atoms with Crippen LogP contribution < -0.4 is 4.74 Å². The van der Waals surface area contributed by atoms with Gasteiger partial charge < -0.3 is 4.74 Å². The molecule has 35 heavy (non-hydrogen) atoms. The zero-order valence-electron chi connectivity index (χ0n) is 19.7. The lowest BCUT2D eigenvalue weighted by Gasteiger charge is -2.28. The number of halogens is 6. The summed E-state index contributed by atoms with van der Waals surface area (Å²) in [6.45, 7) is 2.18. The molecule has 0 spiro atoms. The lowest BCUT2D eigenvalue weighted by molar-refractivity contribution is -0.189. The van der Waals surface area contributed by atoms with Gasteiger partial charge in [-0.25, -0.2) is 17.6 Å². The number of unbranched alkanes of at least 4 members (excludes halogenated alkanes) is 2. The van der Waals surface area contributed by atoms with Crippen molar-refractivity contribution in [2.45, 2.75) is 77.2 Å². The topological polar surface area (TPSA) is 33.0 Å². The molecule has 1 aliphatic rings. The number of rotatable bonds is 10. The van der Waals surface area contributed by atoms with Gasteiger partial charge in [0.1, 0.15) is 46.2 Å². The van der Waals surface area contributed by atoms with Gasteiger partial charge in [0.2, 0.25) is 0 Å². The quantitative estimate of drug-likeness (QED) is 0.243. The molecular formula is C27H29F6NO. The van der Waals surface area contributed by atoms with Crippen LogP contribution in [0.2, 0.25) is 0 Å². The SMILES string of the molecule is CCCCCC1CCC(CCc2cc(F)c(C(F)(F)Oc3cc(F)c(C#N)c(F)c3)c(F)c2)CC1. The van der Waals surface area contributed by atoms with Gasteiger partial charge in [-0.2, -0.15) is 14.0 Å². The zero-order chi connectivity index (χ0) is 25.6. The van der Waals surface area contributed by atoms with E-state index in [2.05, 4.69) is 11.7 Å². The van der Waals surface area contributed by atoms with E-state index in [9.17, 15) is 26.3 Å². The summed E-state index contributed by atoms with van der Waals surface area (Å²) in [5.74, 6) is -5.67. The van der Waals surface area contributed by atoms with Gasteiger partial charge in [0.05, 0.1) is 0 Å². The Labute approximate surface area is 201 Å². The van der Waals surface area contributed by atoms with E-state index in [4.69, 9.17) is 5.26 Å². The number of benzene rings is 2. The minimum atomic E-state index is -4.53. The molecule has 8 heteroatoms. The van der Waals surface area contributed by atoms with Crippen molar-refractivity contribution in [1.82, 2.24) is 0 Å². The number of hydrogen-bond acceptors (Lipinski definition) is 2. The van der Waals surface area contributed by atoms with Gasteiger partial charge in [0.15, 0.2) is 0 Å². The van der Waals surface area contributed by atoms with Crippen molar-refractivity contribution in [3.05, 3.63) is 64.2 Å². The molecule has 0 saturated heterocycles. The maximum atomic E-state index is 14.6. The highest BCUT2D eigenvalue weighted by atomic mass is 19.3. The van der Waals surface area contributed by atoms with Crippen molar-refractivity contribution in [3.63, 3.8) is 0 Å². The molecule has 0 amide bonds. The molecule has 1 fully saturated rings. The molecule has 0 radical (unpaired) electrons. The van der Waals surface area contributed by atoms with E-state index in [-0.39, 0.29) is 5.56 Å². The van der Waals surface area contributed by atoms with E-state index in [1.165, 1.54) is 31.8 Å². The fraction of sp³-hybridized carbons (Fsp3) is 0.519. The van der Waals surface area contributed by atoms with Crippen LogP contribution in [0.15, 0.2) is 24.3 Å². The molecule has 0 aromatic heterocycles. The zero-order valence-corrected chi connectivity index (χ0v) is 19.7. The predicted octanol–water partition coefficient (Wildman–Crippen LogP) is 8.56. The number of hydrogen-bond donors (Lipinski definition) is 0. The maximum absolute atomic E-state index is 14.6. The van der Waals surface area contributed by atoms with Gasteiger partial charge in [-0.1, -0.05) is 58.3 Å². The van der Waals surface area contributed by atoms with Gasteiger partial charge in [0, 0.05) is 12.1 Å². The summed E-state index contributed by atoms with van der Waals surface area (Å²) in [5, 5.41) is 8.66. The number of alkyl halides is 2. The Morgan fingerprint density at radius 1 is 0.857 bits per heavy atom. The molecule has 0 unspecified atom stereocenters. The number of nitriles is 1. The Bertz CT molecular complexity index is 1010. The second-order valence-corrected chi connectivity index (χ2v) is 9.35. The molecular weight excluding hydrogens is 468 g/mol. The van der Waals surface area contributed by atoms with Crippen LogP contribution in [-0.2, 0) is 12.5 Å². The molecule has 3 rings (SSSR count). The lowest BCUT2D eigenvalue weighted by atomic mass is 9.78. The van der Waals surface area contributed by atoms with E-state index in [1.807, 2.05) is 0 Å². The Morgan fingerprint density at radius 3 is 1.91 bits per heavy atom. The Balaban J connectivity index is 1.63. The Hall–Kier alpha value is -2.69. The van der Waals surface area contributed by atoms with Crippen molar-refractivity contribution in [2.24, 2.45) is 11.8 Å². The summed E-state index contributed by atoms with van der Waals surface area (Å²) >= 11 is 0. The summed E-state index contributed by atoms with van der Waals surface area (Å²) in [6, 6.07) is 3.67. The van der Waals surface area contributed by atoms with E-state index in [0.29, 0.717) is 24.5 Å². The first-order chi connectivity index (χ1) is 16.6. The number of nitrogens with zero attached hydrogens (tertiary/aromatic N) is 1. The Kier molecular flexibility index (Phi) is 9.09. The molecule has 2 nitrogen and oxygen atoms in total. The highest BCUT2D eigenvalue weighted by Crippen LogP contribution is 2.38. The van der Waals surface area contributed by atoms with Crippen molar-refractivity contribution >= 4 is 0 Å². The first kappa shape index (κ1) is 26.9. The second kappa shape index (κ2) is 11.8. The summed E-state index contributed by atoms with van der Waals surface area (Å²) in [5.41, 5.74) is -2.36. The smallest absolute Gasteiger partial charge is 0.429 e. The van der Waals surface area contributed by atoms with Crippen LogP contribution in [0.3, 0.4) is 0 Å². The summed E-state index contributed by atoms with van der Waals surface area (Å²) in [4.78, 5) is 0. The molecule has 0 atom stereocenters. The Morgan fingerprint density at radius 2 is 1.40 bits per heavy atom. The van der Waals surface area contributed by atoms with Crippen LogP contribution in [0.5, 0.6) is 5.75 Å². The molecule has 2 aromatic rings. The predicted molar refractivity (Wildman–Crippen MR) is 120 cm³/mol. The third kappa shape index (κ3) is 6.93. The summed E-state index contributed by atoms with van der Waals surface area (Å²) in [6.07, 6.45) is 5.91. The number of aryl methyl sites for hydroxylation is 1. The van der Waals surface area contributed by atoms with Gasteiger partial charge >= 0.3 is 6.11 Å². The van der Waals surface area contributed by atoms with Crippen LogP contribution in [0.25, 0.3) is 0 Å². The van der Waals surface area contributed by atoms with Crippen LogP contribution in [-0.4, -0.2) is 0 Å². The molecule has 1 aliphatic carbocycles. The van der Waals surface area contributed by atoms with E-state index >= 15 is 0 Å². The average Bonchev–Trinajstić information content (AvgIpc) is 2.77. The molecule has 190 valence electrons. The molecule has 0 N–H and O–H groups in total. The lowest BCUT2D eigenvalue weighted by Crippen LogP contribution is -2.25. The van der Waals surface area contributed by atoms with Crippen LogP contribution in [0, 0.1) is 46.4 Å². The number of ether oxygens (including phenoxy) is 1. The standard InChI is InChI=1S/C27H29F6NO/c1-2-3-4-5-17-6-8-18(9-7-17)10-11-19-12-24(30)26(25(31)13-19)27(32,33)35-20-14-22(28)21(16-34)23(29)15-20/h12-15,17-18H,2-11H2,1H3. The molecule has 0 aliphatic heterocycles. The maximum Gasteiger partial charge on any atom is 0.432 e. The van der Waals surface area contributed by atoms with Crippen LogP contribution in [0.4, 0.5) is 26.3 Å². The highest BCUT2D eigenvalue weighted by Gasteiger charge is 2.41. The molecule has 2 aromatic carbocycles. The second-order valence-electron chi connectivity index (χ2n) is 9.35. The van der Waals surface area contributed by atoms with Gasteiger partial charge in [-0.15, -0.1) is 0 Å². The molecule has 0 heterocycles. The first-order valence-corrected chi connectivity index (χ1v) is 12.1. The normalized spacial score (nSPS) is 18.3. The highest BCUT2D eigenvalue weighted by molar-refractivity contribution is 5.38. The van der Waals surface area contributed by atoms with Gasteiger partial charge in [0.25, 0.3) is 0 Å². The first-order valence-electron chi connectivity index (χ1n) is 12.1. The van der Waals surface area contributed by atoms with E-state index < -0.39 is 46.3 Å². The molecule has 1 saturated carbocycles. The van der Waals surface area contributed by atoms with E-state index in [0.717, 1.165) is 50.2 Å². The minimum Gasteiger partial charge on any atom is -0.429 e. The third-order valence-corrected chi connectivity index (χ3v) is 6.79. The van der Waals surface area contributed by atoms with Crippen LogP contribution >= 0.6 is 0 Å². The van der Waals surface area contributed by atoms with Crippen molar-refractivity contribution in [3.8, 4) is 11.8 Å². The van der Waals surface area contributed by atoms with Crippen molar-refractivity contribution in [1.29, 1.82) is 5.26 Å².